The number of H-pyrrole nitrogens is 1. The SMILES string of the molecule is NCc1cc(=O)[nH]c(-c2ccc(CN3CCN(c4cccnc4)CC3)cc2)n1.O=C(O)C(F)(F)F.O=C(O)C(F)(F)F. The lowest BCUT2D eigenvalue weighted by molar-refractivity contribution is -0.193. The highest BCUT2D eigenvalue weighted by atomic mass is 19.4. The van der Waals surface area contributed by atoms with Crippen molar-refractivity contribution in [1.29, 1.82) is 0 Å². The zero-order valence-electron chi connectivity index (χ0n) is 21.7. The summed E-state index contributed by atoms with van der Waals surface area (Å²) in [7, 11) is 0. The van der Waals surface area contributed by atoms with Crippen molar-refractivity contribution in [1.82, 2.24) is 19.9 Å². The molecule has 0 amide bonds. The lowest BCUT2D eigenvalue weighted by Gasteiger charge is -2.35. The molecule has 0 radical (unpaired) electrons. The first kappa shape index (κ1) is 33.7. The van der Waals surface area contributed by atoms with Crippen LogP contribution in [0.3, 0.4) is 0 Å². The molecular formula is C25H26F6N6O5. The Bertz CT molecular complexity index is 1340. The number of alkyl halides is 6. The predicted molar refractivity (Wildman–Crippen MR) is 137 cm³/mol. The molecular weight excluding hydrogens is 578 g/mol. The average molecular weight is 605 g/mol. The minimum Gasteiger partial charge on any atom is -0.475 e. The normalized spacial score (nSPS) is 13.7. The number of aliphatic carboxylic acids is 2. The molecule has 1 aliphatic heterocycles. The van der Waals surface area contributed by atoms with E-state index in [1.165, 1.54) is 17.3 Å². The quantitative estimate of drug-likeness (QED) is 0.318. The number of aromatic amines is 1. The lowest BCUT2D eigenvalue weighted by atomic mass is 10.1. The number of pyridine rings is 1. The van der Waals surface area contributed by atoms with Crippen LogP contribution in [0.5, 0.6) is 0 Å². The Morgan fingerprint density at radius 1 is 0.929 bits per heavy atom. The van der Waals surface area contributed by atoms with Gasteiger partial charge in [0.2, 0.25) is 0 Å². The van der Waals surface area contributed by atoms with Gasteiger partial charge in [-0.3, -0.25) is 14.7 Å². The van der Waals surface area contributed by atoms with Crippen molar-refractivity contribution in [2.24, 2.45) is 5.73 Å². The second-order valence-electron chi connectivity index (χ2n) is 8.57. The molecule has 1 saturated heterocycles. The molecule has 3 heterocycles. The van der Waals surface area contributed by atoms with Crippen LogP contribution in [0.15, 0.2) is 59.7 Å². The number of nitrogens with one attached hydrogen (secondary N) is 1. The summed E-state index contributed by atoms with van der Waals surface area (Å²) in [6, 6.07) is 13.7. The molecule has 17 heteroatoms. The fourth-order valence-corrected chi connectivity index (χ4v) is 3.48. The Kier molecular flexibility index (Phi) is 12.0. The third kappa shape index (κ3) is 11.2. The van der Waals surface area contributed by atoms with Gasteiger partial charge in [0.25, 0.3) is 5.56 Å². The number of halogens is 6. The van der Waals surface area contributed by atoms with Crippen molar-refractivity contribution < 1.29 is 46.1 Å². The Hall–Kier alpha value is -4.51. The molecule has 1 aromatic carbocycles. The predicted octanol–water partition coefficient (Wildman–Crippen LogP) is 2.88. The molecule has 0 aliphatic carbocycles. The maximum atomic E-state index is 11.7. The number of benzene rings is 1. The smallest absolute Gasteiger partial charge is 0.475 e. The van der Waals surface area contributed by atoms with Crippen LogP contribution in [0.25, 0.3) is 11.4 Å². The van der Waals surface area contributed by atoms with E-state index in [1.54, 1.807) is 6.20 Å². The van der Waals surface area contributed by atoms with Crippen molar-refractivity contribution in [2.45, 2.75) is 25.4 Å². The van der Waals surface area contributed by atoms with Crippen LogP contribution in [-0.4, -0.2) is 80.5 Å². The third-order valence-corrected chi connectivity index (χ3v) is 5.51. The fourth-order valence-electron chi connectivity index (χ4n) is 3.48. The maximum Gasteiger partial charge on any atom is 0.490 e. The summed E-state index contributed by atoms with van der Waals surface area (Å²) < 4.78 is 63.5. The third-order valence-electron chi connectivity index (χ3n) is 5.51. The number of carboxylic acid groups (broad SMARTS) is 2. The van der Waals surface area contributed by atoms with Gasteiger partial charge >= 0.3 is 24.3 Å². The molecule has 0 spiro atoms. The highest BCUT2D eigenvalue weighted by Gasteiger charge is 2.38. The number of piperazine rings is 1. The number of anilines is 1. The number of rotatable bonds is 5. The lowest BCUT2D eigenvalue weighted by Crippen LogP contribution is -2.45. The molecule has 0 atom stereocenters. The Morgan fingerprint density at radius 3 is 1.93 bits per heavy atom. The van der Waals surface area contributed by atoms with Crippen molar-refractivity contribution in [3.63, 3.8) is 0 Å². The zero-order chi connectivity index (χ0) is 31.5. The molecule has 1 fully saturated rings. The molecule has 4 rings (SSSR count). The standard InChI is InChI=1S/C21H24N6O.2C2HF3O2/c22-13-18-12-20(28)25-21(24-18)17-5-3-16(4-6-17)15-26-8-10-27(11-9-26)19-2-1-7-23-14-19;2*3-2(4,5)1(6)7/h1-7,12,14H,8-11,13,15,22H2,(H,24,25,28);2*(H,6,7). The topological polar surface area (TPSA) is 166 Å². The van der Waals surface area contributed by atoms with Gasteiger partial charge in [-0.05, 0) is 17.7 Å². The van der Waals surface area contributed by atoms with Crippen LogP contribution < -0.4 is 16.2 Å². The monoisotopic (exact) mass is 604 g/mol. The van der Waals surface area contributed by atoms with Crippen LogP contribution in [0.1, 0.15) is 11.3 Å². The Morgan fingerprint density at radius 2 is 1.48 bits per heavy atom. The number of nitrogens with two attached hydrogens (primary N) is 1. The van der Waals surface area contributed by atoms with E-state index in [1.807, 2.05) is 24.4 Å². The molecule has 2 aromatic heterocycles. The van der Waals surface area contributed by atoms with Gasteiger partial charge in [0.1, 0.15) is 5.82 Å². The van der Waals surface area contributed by atoms with E-state index in [4.69, 9.17) is 25.5 Å². The average Bonchev–Trinajstić information content (AvgIpc) is 2.93. The summed E-state index contributed by atoms with van der Waals surface area (Å²) in [6.07, 6.45) is -6.44. The zero-order valence-corrected chi connectivity index (χ0v) is 21.7. The van der Waals surface area contributed by atoms with Gasteiger partial charge in [-0.1, -0.05) is 24.3 Å². The van der Waals surface area contributed by atoms with Gasteiger partial charge in [-0.15, -0.1) is 0 Å². The van der Waals surface area contributed by atoms with Crippen LogP contribution >= 0.6 is 0 Å². The number of hydrogen-bond acceptors (Lipinski definition) is 8. The molecule has 1 aliphatic rings. The molecule has 228 valence electrons. The second-order valence-corrected chi connectivity index (χ2v) is 8.57. The molecule has 5 N–H and O–H groups in total. The summed E-state index contributed by atoms with van der Waals surface area (Å²) >= 11 is 0. The number of aromatic nitrogens is 3. The first-order valence-electron chi connectivity index (χ1n) is 12.0. The van der Waals surface area contributed by atoms with Crippen molar-refractivity contribution in [2.75, 3.05) is 31.1 Å². The van der Waals surface area contributed by atoms with E-state index in [0.29, 0.717) is 11.5 Å². The van der Waals surface area contributed by atoms with E-state index in [0.717, 1.165) is 38.3 Å². The van der Waals surface area contributed by atoms with E-state index in [-0.39, 0.29) is 12.1 Å². The number of nitrogens with zero attached hydrogens (tertiary/aromatic N) is 4. The van der Waals surface area contributed by atoms with Crippen LogP contribution in [-0.2, 0) is 22.7 Å². The number of hydrogen-bond donors (Lipinski definition) is 4. The van der Waals surface area contributed by atoms with E-state index >= 15 is 0 Å². The van der Waals surface area contributed by atoms with Gasteiger partial charge in [0, 0.05) is 57.1 Å². The summed E-state index contributed by atoms with van der Waals surface area (Å²) in [5.41, 5.74) is 9.35. The van der Waals surface area contributed by atoms with Crippen LogP contribution in [0.4, 0.5) is 32.0 Å². The minimum atomic E-state index is -5.08. The minimum absolute atomic E-state index is 0.180. The summed E-state index contributed by atoms with van der Waals surface area (Å²) in [5, 5.41) is 14.2. The summed E-state index contributed by atoms with van der Waals surface area (Å²) in [6.45, 7) is 5.20. The largest absolute Gasteiger partial charge is 0.490 e. The summed E-state index contributed by atoms with van der Waals surface area (Å²) in [4.78, 5) is 45.7. The second kappa shape index (κ2) is 14.9. The molecule has 0 saturated carbocycles. The molecule has 0 unspecified atom stereocenters. The fraction of sp³-hybridized carbons (Fsp3) is 0.320. The van der Waals surface area contributed by atoms with Crippen molar-refractivity contribution in [3.05, 3.63) is 76.5 Å². The molecule has 3 aromatic rings. The number of carboxylic acids is 2. The molecule has 0 bridgehead atoms. The Balaban J connectivity index is 0.000000367. The van der Waals surface area contributed by atoms with E-state index in [9.17, 15) is 31.1 Å². The van der Waals surface area contributed by atoms with Gasteiger partial charge in [0.05, 0.1) is 17.6 Å². The van der Waals surface area contributed by atoms with Gasteiger partial charge < -0.3 is 25.8 Å². The van der Waals surface area contributed by atoms with Crippen LogP contribution in [0, 0.1) is 0 Å². The maximum absolute atomic E-state index is 11.7. The van der Waals surface area contributed by atoms with Crippen LogP contribution in [0.2, 0.25) is 0 Å². The Labute approximate surface area is 234 Å². The molecule has 42 heavy (non-hydrogen) atoms. The summed E-state index contributed by atoms with van der Waals surface area (Å²) in [5.74, 6) is -4.95. The highest BCUT2D eigenvalue weighted by molar-refractivity contribution is 5.73. The highest BCUT2D eigenvalue weighted by Crippen LogP contribution is 2.19. The van der Waals surface area contributed by atoms with E-state index in [2.05, 4.69) is 43.0 Å². The number of carbonyl (C=O) groups is 2. The van der Waals surface area contributed by atoms with Crippen molar-refractivity contribution >= 4 is 17.6 Å². The first-order valence-corrected chi connectivity index (χ1v) is 12.0. The van der Waals surface area contributed by atoms with Gasteiger partial charge in [-0.25, -0.2) is 14.6 Å². The van der Waals surface area contributed by atoms with E-state index < -0.39 is 24.3 Å². The van der Waals surface area contributed by atoms with Gasteiger partial charge in [-0.2, -0.15) is 26.3 Å². The molecule has 11 nitrogen and oxygen atoms in total. The van der Waals surface area contributed by atoms with Crippen molar-refractivity contribution in [3.8, 4) is 11.4 Å². The first-order chi connectivity index (χ1) is 19.6. The van der Waals surface area contributed by atoms with Gasteiger partial charge in [0.15, 0.2) is 0 Å².